The number of anilines is 2. The fourth-order valence-electron chi connectivity index (χ4n) is 4.38. The summed E-state index contributed by atoms with van der Waals surface area (Å²) in [5.41, 5.74) is 4.02. The number of hydrogen-bond donors (Lipinski definition) is 1. The lowest BCUT2D eigenvalue weighted by Gasteiger charge is -2.36. The number of aromatic nitrogens is 2. The van der Waals surface area contributed by atoms with Crippen molar-refractivity contribution in [2.45, 2.75) is 83.8 Å². The summed E-state index contributed by atoms with van der Waals surface area (Å²) >= 11 is 0. The van der Waals surface area contributed by atoms with E-state index in [-0.39, 0.29) is 0 Å². The van der Waals surface area contributed by atoms with Crippen LogP contribution in [-0.4, -0.2) is 22.1 Å². The van der Waals surface area contributed by atoms with E-state index >= 15 is 0 Å². The first kappa shape index (κ1) is 18.3. The second-order valence-electron chi connectivity index (χ2n) is 8.56. The molecule has 27 heavy (non-hydrogen) atoms. The zero-order valence-electron chi connectivity index (χ0n) is 16.9. The molecule has 0 amide bonds. The summed E-state index contributed by atoms with van der Waals surface area (Å²) in [5, 5.41) is 3.64. The lowest BCUT2D eigenvalue weighted by atomic mass is 9.95. The summed E-state index contributed by atoms with van der Waals surface area (Å²) in [6.45, 7) is 7.66. The minimum absolute atomic E-state index is 0.394. The smallest absolute Gasteiger partial charge is 0.225 e. The molecular formula is C23H32N4. The summed E-state index contributed by atoms with van der Waals surface area (Å²) in [6.07, 6.45) is 7.53. The van der Waals surface area contributed by atoms with Gasteiger partial charge in [0.25, 0.3) is 0 Å². The summed E-state index contributed by atoms with van der Waals surface area (Å²) in [5.74, 6) is 2.27. The van der Waals surface area contributed by atoms with Gasteiger partial charge in [-0.05, 0) is 43.2 Å². The molecule has 1 fully saturated rings. The predicted octanol–water partition coefficient (Wildman–Crippen LogP) is 5.30. The summed E-state index contributed by atoms with van der Waals surface area (Å²) in [7, 11) is 0. The highest BCUT2D eigenvalue weighted by Crippen LogP contribution is 2.30. The van der Waals surface area contributed by atoms with Crippen LogP contribution in [0, 0.1) is 0 Å². The molecule has 4 rings (SSSR count). The highest BCUT2D eigenvalue weighted by molar-refractivity contribution is 5.50. The molecule has 0 unspecified atom stereocenters. The van der Waals surface area contributed by atoms with Gasteiger partial charge in [0.05, 0.1) is 5.69 Å². The van der Waals surface area contributed by atoms with E-state index in [1.807, 2.05) is 0 Å². The van der Waals surface area contributed by atoms with Gasteiger partial charge in [0.1, 0.15) is 5.82 Å². The molecule has 1 aliphatic carbocycles. The first-order valence-electron chi connectivity index (χ1n) is 10.6. The summed E-state index contributed by atoms with van der Waals surface area (Å²) < 4.78 is 0. The van der Waals surface area contributed by atoms with E-state index in [4.69, 9.17) is 9.97 Å². The van der Waals surface area contributed by atoms with Gasteiger partial charge in [-0.25, -0.2) is 4.98 Å². The Kier molecular flexibility index (Phi) is 5.33. The highest BCUT2D eigenvalue weighted by atomic mass is 15.3. The molecule has 1 aliphatic heterocycles. The van der Waals surface area contributed by atoms with Gasteiger partial charge in [0.2, 0.25) is 5.95 Å². The first-order chi connectivity index (χ1) is 13.1. The Morgan fingerprint density at radius 3 is 2.52 bits per heavy atom. The fraction of sp³-hybridized carbons (Fsp3) is 0.565. The largest absolute Gasteiger partial charge is 0.351 e. The van der Waals surface area contributed by atoms with Crippen molar-refractivity contribution in [3.8, 4) is 0 Å². The van der Waals surface area contributed by atoms with Crippen LogP contribution in [0.1, 0.15) is 75.6 Å². The van der Waals surface area contributed by atoms with Gasteiger partial charge in [-0.2, -0.15) is 4.98 Å². The molecule has 2 aliphatic rings. The van der Waals surface area contributed by atoms with E-state index in [0.717, 1.165) is 30.4 Å². The van der Waals surface area contributed by atoms with Crippen LogP contribution in [0.15, 0.2) is 30.3 Å². The van der Waals surface area contributed by atoms with Gasteiger partial charge in [-0.15, -0.1) is 0 Å². The number of hydrogen-bond acceptors (Lipinski definition) is 4. The Labute approximate surface area is 163 Å². The highest BCUT2D eigenvalue weighted by Gasteiger charge is 2.25. The number of benzene rings is 1. The molecule has 4 heteroatoms. The molecule has 144 valence electrons. The van der Waals surface area contributed by atoms with Crippen LogP contribution in [0.5, 0.6) is 0 Å². The minimum Gasteiger partial charge on any atom is -0.351 e. The van der Waals surface area contributed by atoms with Gasteiger partial charge in [0.15, 0.2) is 0 Å². The second-order valence-corrected chi connectivity index (χ2v) is 8.56. The first-order valence-corrected chi connectivity index (χ1v) is 10.6. The number of nitrogens with zero attached hydrogens (tertiary/aromatic N) is 3. The van der Waals surface area contributed by atoms with Crippen molar-refractivity contribution >= 4 is 11.8 Å². The third-order valence-corrected chi connectivity index (χ3v) is 6.06. The molecule has 0 spiro atoms. The number of nitrogens with one attached hydrogen (secondary N) is 1. The lowest BCUT2D eigenvalue weighted by Crippen LogP contribution is -2.39. The molecule has 1 atom stereocenters. The van der Waals surface area contributed by atoms with Crippen molar-refractivity contribution in [2.24, 2.45) is 0 Å². The Morgan fingerprint density at radius 2 is 1.78 bits per heavy atom. The summed E-state index contributed by atoms with van der Waals surface area (Å²) in [4.78, 5) is 12.2. The molecule has 1 aromatic heterocycles. The topological polar surface area (TPSA) is 41.1 Å². The number of fused-ring (bicyclic) bond motifs is 1. The van der Waals surface area contributed by atoms with Crippen LogP contribution in [0.2, 0.25) is 0 Å². The van der Waals surface area contributed by atoms with Gasteiger partial charge in [-0.3, -0.25) is 0 Å². The van der Waals surface area contributed by atoms with Crippen molar-refractivity contribution < 1.29 is 0 Å². The standard InChI is InChI=1S/C23H32N4/c1-16(2)21-14-22(26-23(25-21)24-20-11-5-4-6-12-20)27-15-19-10-8-7-9-18(19)13-17(27)3/h7-10,14,16-17,20H,4-6,11-13,15H2,1-3H3,(H,24,25,26)/t17-/m1/s1. The number of rotatable bonds is 4. The van der Waals surface area contributed by atoms with E-state index in [0.29, 0.717) is 18.0 Å². The van der Waals surface area contributed by atoms with E-state index in [1.54, 1.807) is 0 Å². The fourth-order valence-corrected chi connectivity index (χ4v) is 4.38. The van der Waals surface area contributed by atoms with Gasteiger partial charge >= 0.3 is 0 Å². The molecule has 1 saturated carbocycles. The van der Waals surface area contributed by atoms with Crippen molar-refractivity contribution in [2.75, 3.05) is 10.2 Å². The van der Waals surface area contributed by atoms with E-state index in [1.165, 1.54) is 43.2 Å². The quantitative estimate of drug-likeness (QED) is 0.800. The third-order valence-electron chi connectivity index (χ3n) is 6.06. The Balaban J connectivity index is 1.63. The molecule has 1 N–H and O–H groups in total. The van der Waals surface area contributed by atoms with Crippen molar-refractivity contribution in [1.29, 1.82) is 0 Å². The van der Waals surface area contributed by atoms with E-state index in [2.05, 4.69) is 61.3 Å². The third kappa shape index (κ3) is 4.10. The monoisotopic (exact) mass is 364 g/mol. The maximum absolute atomic E-state index is 4.96. The van der Waals surface area contributed by atoms with Gasteiger partial charge in [-0.1, -0.05) is 57.4 Å². The van der Waals surface area contributed by atoms with Gasteiger partial charge in [0, 0.05) is 24.7 Å². The van der Waals surface area contributed by atoms with E-state index in [9.17, 15) is 0 Å². The minimum atomic E-state index is 0.394. The van der Waals surface area contributed by atoms with Crippen LogP contribution in [-0.2, 0) is 13.0 Å². The zero-order chi connectivity index (χ0) is 18.8. The van der Waals surface area contributed by atoms with Crippen LogP contribution in [0.3, 0.4) is 0 Å². The van der Waals surface area contributed by atoms with Crippen molar-refractivity contribution in [3.05, 3.63) is 47.2 Å². The Bertz CT molecular complexity index is 780. The normalized spacial score (nSPS) is 20.6. The molecule has 4 nitrogen and oxygen atoms in total. The average molecular weight is 365 g/mol. The van der Waals surface area contributed by atoms with Crippen molar-refractivity contribution in [1.82, 2.24) is 9.97 Å². The average Bonchev–Trinajstić information content (AvgIpc) is 2.68. The Morgan fingerprint density at radius 1 is 1.04 bits per heavy atom. The molecule has 0 bridgehead atoms. The van der Waals surface area contributed by atoms with Crippen LogP contribution in [0.25, 0.3) is 0 Å². The maximum atomic E-state index is 4.96. The predicted molar refractivity (Wildman–Crippen MR) is 112 cm³/mol. The zero-order valence-corrected chi connectivity index (χ0v) is 16.9. The van der Waals surface area contributed by atoms with Crippen LogP contribution in [0.4, 0.5) is 11.8 Å². The molecule has 0 radical (unpaired) electrons. The van der Waals surface area contributed by atoms with Crippen LogP contribution < -0.4 is 10.2 Å². The van der Waals surface area contributed by atoms with Crippen LogP contribution >= 0.6 is 0 Å². The Hall–Kier alpha value is -2.10. The lowest BCUT2D eigenvalue weighted by molar-refractivity contribution is 0.460. The molecule has 1 aromatic carbocycles. The molecule has 0 saturated heterocycles. The molecule has 2 heterocycles. The molecular weight excluding hydrogens is 332 g/mol. The maximum Gasteiger partial charge on any atom is 0.225 e. The van der Waals surface area contributed by atoms with E-state index < -0.39 is 0 Å². The SMILES string of the molecule is CC(C)c1cc(N2Cc3ccccc3C[C@H]2C)nc(NC2CCCCC2)n1. The van der Waals surface area contributed by atoms with Crippen molar-refractivity contribution in [3.63, 3.8) is 0 Å². The molecule has 2 aromatic rings. The second kappa shape index (κ2) is 7.87. The van der Waals surface area contributed by atoms with Gasteiger partial charge < -0.3 is 10.2 Å². The summed E-state index contributed by atoms with van der Waals surface area (Å²) in [6, 6.07) is 12.0.